The zero-order valence-electron chi connectivity index (χ0n) is 12.5. The molecular weight excluding hydrogens is 333 g/mol. The first-order chi connectivity index (χ1) is 11.2. The molecule has 1 saturated heterocycles. The van der Waals surface area contributed by atoms with E-state index in [9.17, 15) is 9.18 Å². The van der Waals surface area contributed by atoms with Crippen LogP contribution in [0.5, 0.6) is 0 Å². The van der Waals surface area contributed by atoms with Gasteiger partial charge in [-0.3, -0.25) is 4.79 Å². The quantitative estimate of drug-likeness (QED) is 0.870. The number of anilines is 1. The molecule has 3 rings (SSSR count). The van der Waals surface area contributed by atoms with E-state index in [4.69, 9.17) is 0 Å². The monoisotopic (exact) mass is 351 g/mol. The summed E-state index contributed by atoms with van der Waals surface area (Å²) < 4.78 is 13.7. The van der Waals surface area contributed by atoms with Gasteiger partial charge in [0.25, 0.3) is 0 Å². The van der Waals surface area contributed by atoms with E-state index in [2.05, 4.69) is 15.6 Å². The molecule has 4 nitrogen and oxygen atoms in total. The maximum atomic E-state index is 13.7. The lowest BCUT2D eigenvalue weighted by atomic mass is 10.1. The van der Waals surface area contributed by atoms with E-state index in [0.717, 1.165) is 22.9 Å². The topological polar surface area (TPSA) is 54.0 Å². The van der Waals surface area contributed by atoms with Crippen LogP contribution in [0, 0.1) is 5.82 Å². The number of benzene rings is 1. The summed E-state index contributed by atoms with van der Waals surface area (Å²) in [5, 5.41) is 6.75. The average molecular weight is 351 g/mol. The Kier molecular flexibility index (Phi) is 5.64. The minimum atomic E-state index is -0.215. The lowest BCUT2D eigenvalue weighted by Gasteiger charge is -2.22. The fourth-order valence-corrected chi connectivity index (χ4v) is 4.22. The molecule has 2 N–H and O–H groups in total. The van der Waals surface area contributed by atoms with Gasteiger partial charge in [-0.05, 0) is 11.6 Å². The van der Waals surface area contributed by atoms with Gasteiger partial charge in [0.15, 0.2) is 5.13 Å². The molecule has 0 spiro atoms. The number of amides is 1. The normalized spacial score (nSPS) is 17.9. The molecule has 1 aromatic carbocycles. The Labute approximate surface area is 142 Å². The van der Waals surface area contributed by atoms with Crippen molar-refractivity contribution >= 4 is 34.1 Å². The van der Waals surface area contributed by atoms with Crippen LogP contribution in [0.3, 0.4) is 0 Å². The molecule has 0 radical (unpaired) electrons. The smallest absolute Gasteiger partial charge is 0.227 e. The van der Waals surface area contributed by atoms with Crippen molar-refractivity contribution < 1.29 is 9.18 Å². The fraction of sp³-hybridized carbons (Fsp3) is 0.375. The lowest BCUT2D eigenvalue weighted by Crippen LogP contribution is -2.39. The standard InChI is InChI=1S/C16H18FN3OS2/c17-14-4-2-1-3-11(14)7-13-9-19-16(23-13)20-15(21)8-12-10-22-6-5-18-12/h1-4,9,12,18H,5-8,10H2,(H,19,20,21). The van der Waals surface area contributed by atoms with Crippen molar-refractivity contribution in [3.8, 4) is 0 Å². The number of hydrogen-bond donors (Lipinski definition) is 2. The molecule has 1 fully saturated rings. The van der Waals surface area contributed by atoms with E-state index in [1.54, 1.807) is 18.3 Å². The summed E-state index contributed by atoms with van der Waals surface area (Å²) in [6.07, 6.45) is 2.64. The molecule has 0 bridgehead atoms. The number of nitrogens with zero attached hydrogens (tertiary/aromatic N) is 1. The van der Waals surface area contributed by atoms with Crippen LogP contribution in [0.1, 0.15) is 16.9 Å². The second-order valence-electron chi connectivity index (χ2n) is 5.38. The summed E-state index contributed by atoms with van der Waals surface area (Å²) in [6.45, 7) is 0.951. The summed E-state index contributed by atoms with van der Waals surface area (Å²) in [5.41, 5.74) is 0.637. The van der Waals surface area contributed by atoms with Crippen LogP contribution in [-0.4, -0.2) is 35.0 Å². The summed E-state index contributed by atoms with van der Waals surface area (Å²) in [6, 6.07) is 6.94. The largest absolute Gasteiger partial charge is 0.312 e. The van der Waals surface area contributed by atoms with Gasteiger partial charge in [-0.25, -0.2) is 9.37 Å². The fourth-order valence-electron chi connectivity index (χ4n) is 2.42. The van der Waals surface area contributed by atoms with E-state index in [0.29, 0.717) is 23.5 Å². The van der Waals surface area contributed by atoms with Crippen LogP contribution in [0.15, 0.2) is 30.5 Å². The first-order valence-corrected chi connectivity index (χ1v) is 9.47. The van der Waals surface area contributed by atoms with Crippen molar-refractivity contribution in [2.45, 2.75) is 18.9 Å². The molecule has 23 heavy (non-hydrogen) atoms. The summed E-state index contributed by atoms with van der Waals surface area (Å²) in [7, 11) is 0. The van der Waals surface area contributed by atoms with Gasteiger partial charge in [0.2, 0.25) is 5.91 Å². The van der Waals surface area contributed by atoms with Gasteiger partial charge < -0.3 is 10.6 Å². The van der Waals surface area contributed by atoms with Gasteiger partial charge >= 0.3 is 0 Å². The highest BCUT2D eigenvalue weighted by molar-refractivity contribution is 7.99. The Morgan fingerprint density at radius 2 is 2.30 bits per heavy atom. The van der Waals surface area contributed by atoms with Crippen LogP contribution < -0.4 is 10.6 Å². The van der Waals surface area contributed by atoms with Gasteiger partial charge in [0, 0.05) is 48.0 Å². The number of nitrogens with one attached hydrogen (secondary N) is 2. The third-order valence-corrected chi connectivity index (χ3v) is 5.60. The molecule has 0 aliphatic carbocycles. The van der Waals surface area contributed by atoms with Gasteiger partial charge in [-0.2, -0.15) is 11.8 Å². The number of rotatable bonds is 5. The zero-order valence-corrected chi connectivity index (χ0v) is 14.2. The minimum absolute atomic E-state index is 0.0307. The molecule has 1 atom stereocenters. The third kappa shape index (κ3) is 4.76. The molecule has 7 heteroatoms. The van der Waals surface area contributed by atoms with E-state index in [-0.39, 0.29) is 17.8 Å². The van der Waals surface area contributed by atoms with Gasteiger partial charge in [-0.1, -0.05) is 18.2 Å². The Balaban J connectivity index is 1.54. The van der Waals surface area contributed by atoms with Crippen molar-refractivity contribution in [3.05, 3.63) is 46.7 Å². The zero-order chi connectivity index (χ0) is 16.1. The van der Waals surface area contributed by atoms with Gasteiger partial charge in [-0.15, -0.1) is 11.3 Å². The number of hydrogen-bond acceptors (Lipinski definition) is 5. The van der Waals surface area contributed by atoms with Crippen LogP contribution in [0.25, 0.3) is 0 Å². The molecule has 0 saturated carbocycles. The molecule has 1 aliphatic heterocycles. The lowest BCUT2D eigenvalue weighted by molar-refractivity contribution is -0.116. The van der Waals surface area contributed by atoms with Crippen molar-refractivity contribution in [2.75, 3.05) is 23.4 Å². The predicted molar refractivity (Wildman–Crippen MR) is 93.7 cm³/mol. The summed E-state index contributed by atoms with van der Waals surface area (Å²) >= 11 is 3.26. The maximum Gasteiger partial charge on any atom is 0.227 e. The molecule has 1 unspecified atom stereocenters. The Morgan fingerprint density at radius 3 is 3.09 bits per heavy atom. The highest BCUT2D eigenvalue weighted by atomic mass is 32.2. The van der Waals surface area contributed by atoms with Crippen LogP contribution in [-0.2, 0) is 11.2 Å². The van der Waals surface area contributed by atoms with E-state index in [1.807, 2.05) is 17.8 Å². The highest BCUT2D eigenvalue weighted by Gasteiger charge is 2.17. The van der Waals surface area contributed by atoms with Crippen LogP contribution >= 0.6 is 23.1 Å². The molecular formula is C16H18FN3OS2. The summed E-state index contributed by atoms with van der Waals surface area (Å²) in [4.78, 5) is 17.2. The van der Waals surface area contributed by atoms with Gasteiger partial charge in [0.1, 0.15) is 5.82 Å². The number of halogens is 1. The van der Waals surface area contributed by atoms with Crippen LogP contribution in [0.4, 0.5) is 9.52 Å². The molecule has 1 aromatic heterocycles. The number of thiazole rings is 1. The molecule has 2 aromatic rings. The highest BCUT2D eigenvalue weighted by Crippen LogP contribution is 2.22. The molecule has 2 heterocycles. The van der Waals surface area contributed by atoms with E-state index in [1.165, 1.54) is 17.4 Å². The van der Waals surface area contributed by atoms with Crippen molar-refractivity contribution in [1.29, 1.82) is 0 Å². The van der Waals surface area contributed by atoms with Crippen molar-refractivity contribution in [3.63, 3.8) is 0 Å². The first kappa shape index (κ1) is 16.4. The predicted octanol–water partition coefficient (Wildman–Crippen LogP) is 2.91. The average Bonchev–Trinajstić information content (AvgIpc) is 2.97. The molecule has 1 aliphatic rings. The Bertz CT molecular complexity index is 671. The second-order valence-corrected chi connectivity index (χ2v) is 7.64. The van der Waals surface area contributed by atoms with E-state index < -0.39 is 0 Å². The van der Waals surface area contributed by atoms with Crippen LogP contribution in [0.2, 0.25) is 0 Å². The van der Waals surface area contributed by atoms with Gasteiger partial charge in [0.05, 0.1) is 0 Å². The van der Waals surface area contributed by atoms with E-state index >= 15 is 0 Å². The first-order valence-electron chi connectivity index (χ1n) is 7.50. The van der Waals surface area contributed by atoms with Crippen molar-refractivity contribution in [1.82, 2.24) is 10.3 Å². The number of carbonyl (C=O) groups excluding carboxylic acids is 1. The Morgan fingerprint density at radius 1 is 1.43 bits per heavy atom. The number of thioether (sulfide) groups is 1. The molecule has 122 valence electrons. The third-order valence-electron chi connectivity index (χ3n) is 3.55. The second kappa shape index (κ2) is 7.90. The van der Waals surface area contributed by atoms with Crippen molar-refractivity contribution in [2.24, 2.45) is 0 Å². The minimum Gasteiger partial charge on any atom is -0.312 e. The summed E-state index contributed by atoms with van der Waals surface area (Å²) in [5.74, 6) is 1.82. The number of aromatic nitrogens is 1. The SMILES string of the molecule is O=C(CC1CSCCN1)Nc1ncc(Cc2ccccc2F)s1. The molecule has 1 amide bonds. The Hall–Kier alpha value is -1.44. The number of carbonyl (C=O) groups is 1. The maximum absolute atomic E-state index is 13.7.